The molecule has 1 aromatic carbocycles. The third-order valence-corrected chi connectivity index (χ3v) is 5.42. The Kier molecular flexibility index (Phi) is 5.47. The average Bonchev–Trinajstić information content (AvgIpc) is 2.46. The van der Waals surface area contributed by atoms with Gasteiger partial charge in [0.05, 0.1) is 11.5 Å². The molecule has 1 saturated heterocycles. The Bertz CT molecular complexity index is 649. The van der Waals surface area contributed by atoms with Crippen molar-refractivity contribution in [2.45, 2.75) is 27.3 Å². The summed E-state index contributed by atoms with van der Waals surface area (Å²) in [7, 11) is -2.86. The Labute approximate surface area is 139 Å². The maximum atomic E-state index is 12.2. The van der Waals surface area contributed by atoms with Gasteiger partial charge in [0.1, 0.15) is 0 Å². The summed E-state index contributed by atoms with van der Waals surface area (Å²) in [6.45, 7) is 8.65. The van der Waals surface area contributed by atoms with Crippen LogP contribution < -0.4 is 5.32 Å². The lowest BCUT2D eigenvalue weighted by Crippen LogP contribution is -2.39. The Morgan fingerprint density at radius 1 is 1.22 bits per heavy atom. The summed E-state index contributed by atoms with van der Waals surface area (Å²) < 4.78 is 22.9. The molecule has 0 saturated carbocycles. The Morgan fingerprint density at radius 2 is 1.87 bits per heavy atom. The summed E-state index contributed by atoms with van der Waals surface area (Å²) >= 11 is 0. The number of rotatable bonds is 4. The van der Waals surface area contributed by atoms with Crippen LogP contribution in [0, 0.1) is 5.41 Å². The molecule has 1 aromatic rings. The van der Waals surface area contributed by atoms with Crippen molar-refractivity contribution in [3.8, 4) is 0 Å². The van der Waals surface area contributed by atoms with Crippen molar-refractivity contribution in [2.75, 3.05) is 31.1 Å². The van der Waals surface area contributed by atoms with Crippen molar-refractivity contribution in [3.05, 3.63) is 35.4 Å². The fraction of sp³-hybridized carbons (Fsp3) is 0.588. The molecule has 0 aliphatic carbocycles. The number of sulfone groups is 1. The lowest BCUT2D eigenvalue weighted by molar-refractivity contribution is 0.0939. The third-order valence-electron chi connectivity index (χ3n) is 3.81. The summed E-state index contributed by atoms with van der Waals surface area (Å²) in [5.74, 6) is 0.375. The number of carbonyl (C=O) groups excluding carboxylic acids is 1. The normalized spacial score (nSPS) is 18.6. The molecule has 2 rings (SSSR count). The van der Waals surface area contributed by atoms with Crippen LogP contribution in [0.5, 0.6) is 0 Å². The van der Waals surface area contributed by atoms with Gasteiger partial charge in [0.15, 0.2) is 9.84 Å². The molecule has 1 aliphatic heterocycles. The van der Waals surface area contributed by atoms with Crippen LogP contribution in [0.2, 0.25) is 0 Å². The first kappa shape index (κ1) is 17.9. The lowest BCUT2D eigenvalue weighted by Gasteiger charge is -2.26. The van der Waals surface area contributed by atoms with Gasteiger partial charge in [-0.15, -0.1) is 0 Å². The maximum absolute atomic E-state index is 12.2. The molecular weight excluding hydrogens is 312 g/mol. The Balaban J connectivity index is 1.96. The zero-order valence-corrected chi connectivity index (χ0v) is 14.9. The molecular formula is C17H26N2O3S. The lowest BCUT2D eigenvalue weighted by atomic mass is 9.97. The summed E-state index contributed by atoms with van der Waals surface area (Å²) in [6, 6.07) is 7.55. The van der Waals surface area contributed by atoms with Crippen LogP contribution in [0.15, 0.2) is 24.3 Å². The maximum Gasteiger partial charge on any atom is 0.251 e. The molecule has 0 unspecified atom stereocenters. The highest BCUT2D eigenvalue weighted by Gasteiger charge is 2.21. The van der Waals surface area contributed by atoms with Crippen LogP contribution >= 0.6 is 0 Å². The second-order valence-corrected chi connectivity index (χ2v) is 9.68. The minimum Gasteiger partial charge on any atom is -0.352 e. The molecule has 0 atom stereocenters. The van der Waals surface area contributed by atoms with E-state index in [4.69, 9.17) is 0 Å². The van der Waals surface area contributed by atoms with E-state index < -0.39 is 9.84 Å². The molecule has 1 heterocycles. The topological polar surface area (TPSA) is 66.5 Å². The van der Waals surface area contributed by atoms with Gasteiger partial charge in [-0.2, -0.15) is 0 Å². The molecule has 0 radical (unpaired) electrons. The molecule has 0 bridgehead atoms. The molecule has 6 heteroatoms. The summed E-state index contributed by atoms with van der Waals surface area (Å²) in [5, 5.41) is 2.95. The van der Waals surface area contributed by atoms with E-state index >= 15 is 0 Å². The van der Waals surface area contributed by atoms with Crippen molar-refractivity contribution in [2.24, 2.45) is 5.41 Å². The van der Waals surface area contributed by atoms with Gasteiger partial charge in [-0.25, -0.2) is 8.42 Å². The van der Waals surface area contributed by atoms with E-state index in [1.807, 2.05) is 24.3 Å². The largest absolute Gasteiger partial charge is 0.352 e. The van der Waals surface area contributed by atoms with Crippen LogP contribution in [0.1, 0.15) is 36.7 Å². The monoisotopic (exact) mass is 338 g/mol. The highest BCUT2D eigenvalue weighted by atomic mass is 32.2. The fourth-order valence-electron chi connectivity index (χ4n) is 2.42. The Morgan fingerprint density at radius 3 is 2.48 bits per heavy atom. The highest BCUT2D eigenvalue weighted by molar-refractivity contribution is 7.91. The quantitative estimate of drug-likeness (QED) is 0.907. The number of hydrogen-bond donors (Lipinski definition) is 1. The van der Waals surface area contributed by atoms with Gasteiger partial charge in [-0.3, -0.25) is 9.69 Å². The number of carbonyl (C=O) groups is 1. The predicted octanol–water partition coefficient (Wildman–Crippen LogP) is 1.69. The van der Waals surface area contributed by atoms with Crippen LogP contribution in [0.3, 0.4) is 0 Å². The first-order chi connectivity index (χ1) is 10.6. The summed E-state index contributed by atoms with van der Waals surface area (Å²) in [5.41, 5.74) is 1.73. The number of benzene rings is 1. The van der Waals surface area contributed by atoms with E-state index in [2.05, 4.69) is 31.0 Å². The number of hydrogen-bond acceptors (Lipinski definition) is 4. The van der Waals surface area contributed by atoms with E-state index in [1.165, 1.54) is 0 Å². The number of amides is 1. The van der Waals surface area contributed by atoms with Gasteiger partial charge in [0, 0.05) is 31.7 Å². The van der Waals surface area contributed by atoms with Crippen molar-refractivity contribution >= 4 is 15.7 Å². The molecule has 1 N–H and O–H groups in total. The fourth-order valence-corrected chi connectivity index (χ4v) is 3.70. The van der Waals surface area contributed by atoms with E-state index in [0.717, 1.165) is 5.56 Å². The first-order valence-electron chi connectivity index (χ1n) is 7.95. The molecule has 0 spiro atoms. The Hall–Kier alpha value is -1.40. The van der Waals surface area contributed by atoms with Crippen molar-refractivity contribution in [1.29, 1.82) is 0 Å². The number of nitrogens with zero attached hydrogens (tertiary/aromatic N) is 1. The van der Waals surface area contributed by atoms with Gasteiger partial charge in [0.2, 0.25) is 0 Å². The molecule has 128 valence electrons. The SMILES string of the molecule is CC(C)(C)CNC(=O)c1cccc(CN2CCS(=O)(=O)CC2)c1. The van der Waals surface area contributed by atoms with Gasteiger partial charge in [0.25, 0.3) is 5.91 Å². The molecule has 0 aromatic heterocycles. The van der Waals surface area contributed by atoms with Gasteiger partial charge < -0.3 is 5.32 Å². The van der Waals surface area contributed by atoms with Crippen LogP contribution in [-0.2, 0) is 16.4 Å². The zero-order valence-electron chi connectivity index (χ0n) is 14.1. The summed E-state index contributed by atoms with van der Waals surface area (Å²) in [6.07, 6.45) is 0. The van der Waals surface area contributed by atoms with E-state index in [9.17, 15) is 13.2 Å². The molecule has 1 fully saturated rings. The van der Waals surface area contributed by atoms with Crippen molar-refractivity contribution in [3.63, 3.8) is 0 Å². The average molecular weight is 338 g/mol. The summed E-state index contributed by atoms with van der Waals surface area (Å²) in [4.78, 5) is 14.3. The predicted molar refractivity (Wildman–Crippen MR) is 92.2 cm³/mol. The second-order valence-electron chi connectivity index (χ2n) is 7.37. The molecule has 5 nitrogen and oxygen atoms in total. The minimum atomic E-state index is -2.86. The van der Waals surface area contributed by atoms with Crippen LogP contribution in [0.4, 0.5) is 0 Å². The third kappa shape index (κ3) is 5.95. The van der Waals surface area contributed by atoms with E-state index in [-0.39, 0.29) is 22.8 Å². The van der Waals surface area contributed by atoms with E-state index in [1.54, 1.807) is 0 Å². The highest BCUT2D eigenvalue weighted by Crippen LogP contribution is 2.13. The zero-order chi connectivity index (χ0) is 17.1. The standard InChI is InChI=1S/C17H26N2O3S/c1-17(2,3)13-18-16(20)15-6-4-5-14(11-15)12-19-7-9-23(21,22)10-8-19/h4-6,11H,7-10,12-13H2,1-3H3,(H,18,20). The van der Waals surface area contributed by atoms with Crippen LogP contribution in [0.25, 0.3) is 0 Å². The van der Waals surface area contributed by atoms with Crippen molar-refractivity contribution < 1.29 is 13.2 Å². The second kappa shape index (κ2) is 7.01. The molecule has 1 aliphatic rings. The van der Waals surface area contributed by atoms with Gasteiger partial charge >= 0.3 is 0 Å². The smallest absolute Gasteiger partial charge is 0.251 e. The van der Waals surface area contributed by atoms with E-state index in [0.29, 0.717) is 31.7 Å². The van der Waals surface area contributed by atoms with Crippen LogP contribution in [-0.4, -0.2) is 50.4 Å². The van der Waals surface area contributed by atoms with Gasteiger partial charge in [-0.05, 0) is 23.1 Å². The molecule has 23 heavy (non-hydrogen) atoms. The van der Waals surface area contributed by atoms with Gasteiger partial charge in [-0.1, -0.05) is 32.9 Å². The van der Waals surface area contributed by atoms with Crippen molar-refractivity contribution in [1.82, 2.24) is 10.2 Å². The minimum absolute atomic E-state index is 0.0482. The first-order valence-corrected chi connectivity index (χ1v) is 9.77. The number of nitrogens with one attached hydrogen (secondary N) is 1. The molecule has 1 amide bonds.